The van der Waals surface area contributed by atoms with Crippen LogP contribution in [0, 0.1) is 10.1 Å². The van der Waals surface area contributed by atoms with Crippen molar-refractivity contribution in [3.05, 3.63) is 64.2 Å². The number of ether oxygens (including phenoxy) is 1. The molecule has 1 atom stereocenters. The monoisotopic (exact) mass is 419 g/mol. The first kappa shape index (κ1) is 20.7. The number of amides is 1. The van der Waals surface area contributed by atoms with Crippen LogP contribution in [-0.2, 0) is 10.0 Å². The van der Waals surface area contributed by atoms with Gasteiger partial charge >= 0.3 is 0 Å². The molecule has 0 bridgehead atoms. The number of benzene rings is 2. The Kier molecular flexibility index (Phi) is 5.85. The zero-order chi connectivity index (χ0) is 21.2. The maximum atomic E-state index is 13.1. The Hall–Kier alpha value is -2.98. The SMILES string of the molecule is C[C@H]1CN(C(=O)c2cc([N+](=O)[O-])ccc2Oc2ccccc2)CCN1S(C)(=O)=O. The second kappa shape index (κ2) is 8.18. The maximum absolute atomic E-state index is 13.1. The van der Waals surface area contributed by atoms with Gasteiger partial charge in [0.2, 0.25) is 10.0 Å². The topological polar surface area (TPSA) is 110 Å². The molecule has 0 spiro atoms. The number of carbonyl (C=O) groups is 1. The van der Waals surface area contributed by atoms with Crippen molar-refractivity contribution >= 4 is 21.6 Å². The third kappa shape index (κ3) is 4.72. The van der Waals surface area contributed by atoms with Crippen molar-refractivity contribution < 1.29 is 22.9 Å². The molecular formula is C19H21N3O6S. The molecule has 0 N–H and O–H groups in total. The molecule has 0 saturated carbocycles. The molecule has 3 rings (SSSR count). The van der Waals surface area contributed by atoms with Crippen LogP contribution in [-0.4, -0.2) is 60.4 Å². The molecule has 0 radical (unpaired) electrons. The van der Waals surface area contributed by atoms with Gasteiger partial charge in [-0.2, -0.15) is 4.31 Å². The van der Waals surface area contributed by atoms with Crippen LogP contribution in [0.1, 0.15) is 17.3 Å². The predicted molar refractivity (Wildman–Crippen MR) is 107 cm³/mol. The number of hydrogen-bond acceptors (Lipinski definition) is 6. The van der Waals surface area contributed by atoms with Gasteiger partial charge in [-0.1, -0.05) is 18.2 Å². The van der Waals surface area contributed by atoms with Crippen LogP contribution in [0.15, 0.2) is 48.5 Å². The summed E-state index contributed by atoms with van der Waals surface area (Å²) in [5, 5.41) is 11.2. The summed E-state index contributed by atoms with van der Waals surface area (Å²) in [6, 6.07) is 12.2. The third-order valence-corrected chi connectivity index (χ3v) is 6.05. The van der Waals surface area contributed by atoms with Crippen LogP contribution in [0.4, 0.5) is 5.69 Å². The number of rotatable bonds is 5. The second-order valence-electron chi connectivity index (χ2n) is 6.83. The molecule has 29 heavy (non-hydrogen) atoms. The molecule has 10 heteroatoms. The quantitative estimate of drug-likeness (QED) is 0.544. The Morgan fingerprint density at radius 2 is 1.86 bits per heavy atom. The van der Waals surface area contributed by atoms with Crippen LogP contribution < -0.4 is 4.74 Å². The van der Waals surface area contributed by atoms with Gasteiger partial charge in [-0.05, 0) is 25.1 Å². The summed E-state index contributed by atoms with van der Waals surface area (Å²) in [6.07, 6.45) is 1.13. The summed E-state index contributed by atoms with van der Waals surface area (Å²) >= 11 is 0. The molecular weight excluding hydrogens is 398 g/mol. The van der Waals surface area contributed by atoms with E-state index in [4.69, 9.17) is 4.74 Å². The summed E-state index contributed by atoms with van der Waals surface area (Å²) in [5.41, 5.74) is -0.167. The van der Waals surface area contributed by atoms with Crippen molar-refractivity contribution in [2.24, 2.45) is 0 Å². The number of piperazine rings is 1. The maximum Gasteiger partial charge on any atom is 0.270 e. The minimum absolute atomic E-state index is 0.0584. The first-order valence-corrected chi connectivity index (χ1v) is 10.8. The zero-order valence-corrected chi connectivity index (χ0v) is 16.8. The van der Waals surface area contributed by atoms with Crippen molar-refractivity contribution in [3.8, 4) is 11.5 Å². The molecule has 1 aliphatic rings. The molecule has 0 aliphatic carbocycles. The Balaban J connectivity index is 1.90. The van der Waals surface area contributed by atoms with Gasteiger partial charge in [-0.3, -0.25) is 14.9 Å². The van der Waals surface area contributed by atoms with E-state index < -0.39 is 26.9 Å². The number of hydrogen-bond donors (Lipinski definition) is 0. The molecule has 1 aliphatic heterocycles. The molecule has 9 nitrogen and oxygen atoms in total. The van der Waals surface area contributed by atoms with Crippen molar-refractivity contribution in [2.75, 3.05) is 25.9 Å². The molecule has 1 saturated heterocycles. The van der Waals surface area contributed by atoms with Crippen LogP contribution >= 0.6 is 0 Å². The van der Waals surface area contributed by atoms with E-state index in [1.165, 1.54) is 27.4 Å². The highest BCUT2D eigenvalue weighted by Gasteiger charge is 2.33. The van der Waals surface area contributed by atoms with Crippen molar-refractivity contribution in [3.63, 3.8) is 0 Å². The first-order chi connectivity index (χ1) is 13.7. The van der Waals surface area contributed by atoms with Gasteiger partial charge < -0.3 is 9.64 Å². The van der Waals surface area contributed by atoms with Gasteiger partial charge in [0.05, 0.1) is 16.7 Å². The fourth-order valence-corrected chi connectivity index (χ4v) is 4.43. The van der Waals surface area contributed by atoms with E-state index in [1.807, 2.05) is 6.07 Å². The normalized spacial score (nSPS) is 17.7. The highest BCUT2D eigenvalue weighted by molar-refractivity contribution is 7.88. The van der Waals surface area contributed by atoms with Crippen LogP contribution in [0.3, 0.4) is 0 Å². The number of para-hydroxylation sites is 1. The van der Waals surface area contributed by atoms with Gasteiger partial charge in [0, 0.05) is 37.8 Å². The summed E-state index contributed by atoms with van der Waals surface area (Å²) < 4.78 is 30.8. The Labute approximate surface area is 168 Å². The number of non-ortho nitro benzene ring substituents is 1. The lowest BCUT2D eigenvalue weighted by Crippen LogP contribution is -2.55. The number of sulfonamides is 1. The summed E-state index contributed by atoms with van der Waals surface area (Å²) in [7, 11) is -3.37. The van der Waals surface area contributed by atoms with E-state index in [9.17, 15) is 23.3 Å². The second-order valence-corrected chi connectivity index (χ2v) is 8.76. The average molecular weight is 419 g/mol. The van der Waals surface area contributed by atoms with Crippen molar-refractivity contribution in [1.82, 2.24) is 9.21 Å². The fourth-order valence-electron chi connectivity index (χ4n) is 3.29. The Morgan fingerprint density at radius 3 is 2.45 bits per heavy atom. The van der Waals surface area contributed by atoms with Crippen LogP contribution in [0.2, 0.25) is 0 Å². The van der Waals surface area contributed by atoms with E-state index in [1.54, 1.807) is 31.2 Å². The molecule has 1 heterocycles. The zero-order valence-electron chi connectivity index (χ0n) is 16.0. The Morgan fingerprint density at radius 1 is 1.17 bits per heavy atom. The smallest absolute Gasteiger partial charge is 0.270 e. The molecule has 0 aromatic heterocycles. The third-order valence-electron chi connectivity index (χ3n) is 4.66. The highest BCUT2D eigenvalue weighted by Crippen LogP contribution is 2.30. The van der Waals surface area contributed by atoms with Crippen LogP contribution in [0.25, 0.3) is 0 Å². The predicted octanol–water partition coefficient (Wildman–Crippen LogP) is 2.49. The molecule has 1 amide bonds. The molecule has 0 unspecified atom stereocenters. The van der Waals surface area contributed by atoms with Crippen LogP contribution in [0.5, 0.6) is 11.5 Å². The lowest BCUT2D eigenvalue weighted by Gasteiger charge is -2.38. The summed E-state index contributed by atoms with van der Waals surface area (Å²) in [6.45, 7) is 2.24. The van der Waals surface area contributed by atoms with E-state index in [-0.39, 0.29) is 36.6 Å². The van der Waals surface area contributed by atoms with E-state index in [0.717, 1.165) is 6.26 Å². The van der Waals surface area contributed by atoms with E-state index in [2.05, 4.69) is 0 Å². The number of carbonyl (C=O) groups excluding carboxylic acids is 1. The summed E-state index contributed by atoms with van der Waals surface area (Å²) in [4.78, 5) is 25.2. The number of nitro benzene ring substituents is 1. The van der Waals surface area contributed by atoms with Gasteiger partial charge in [-0.15, -0.1) is 0 Å². The summed E-state index contributed by atoms with van der Waals surface area (Å²) in [5.74, 6) is 0.246. The number of nitro groups is 1. The van der Waals surface area contributed by atoms with Crippen molar-refractivity contribution in [2.45, 2.75) is 13.0 Å². The molecule has 2 aromatic rings. The largest absolute Gasteiger partial charge is 0.457 e. The number of nitrogens with zero attached hydrogens (tertiary/aromatic N) is 3. The van der Waals surface area contributed by atoms with E-state index >= 15 is 0 Å². The Bertz CT molecular complexity index is 1030. The minimum atomic E-state index is -3.37. The van der Waals surface area contributed by atoms with E-state index in [0.29, 0.717) is 5.75 Å². The fraction of sp³-hybridized carbons (Fsp3) is 0.316. The van der Waals surface area contributed by atoms with Crippen molar-refractivity contribution in [1.29, 1.82) is 0 Å². The van der Waals surface area contributed by atoms with Gasteiger partial charge in [0.1, 0.15) is 11.5 Å². The van der Waals surface area contributed by atoms with Gasteiger partial charge in [0.25, 0.3) is 11.6 Å². The standard InChI is InChI=1S/C19H21N3O6S/c1-14-13-20(10-11-21(14)29(2,26)27)19(23)17-12-15(22(24)25)8-9-18(17)28-16-6-4-3-5-7-16/h3-9,12,14H,10-11,13H2,1-2H3/t14-/m0/s1. The molecule has 1 fully saturated rings. The molecule has 154 valence electrons. The lowest BCUT2D eigenvalue weighted by molar-refractivity contribution is -0.384. The average Bonchev–Trinajstić information content (AvgIpc) is 2.67. The first-order valence-electron chi connectivity index (χ1n) is 8.94. The van der Waals surface area contributed by atoms with Gasteiger partial charge in [0.15, 0.2) is 0 Å². The lowest BCUT2D eigenvalue weighted by atomic mass is 10.1. The van der Waals surface area contributed by atoms with Gasteiger partial charge in [-0.25, -0.2) is 8.42 Å². The molecule has 2 aromatic carbocycles. The minimum Gasteiger partial charge on any atom is -0.457 e. The highest BCUT2D eigenvalue weighted by atomic mass is 32.2.